The molecular weight excluding hydrogens is 444 g/mol. The number of halogens is 1. The summed E-state index contributed by atoms with van der Waals surface area (Å²) in [6, 6.07) is 10.2. The van der Waals surface area contributed by atoms with Crippen LogP contribution < -0.4 is 9.04 Å². The number of fused-ring (bicyclic) bond motifs is 1. The van der Waals surface area contributed by atoms with Crippen molar-refractivity contribution >= 4 is 49.0 Å². The highest BCUT2D eigenvalue weighted by molar-refractivity contribution is 7.93. The zero-order valence-electron chi connectivity index (χ0n) is 16.1. The summed E-state index contributed by atoms with van der Waals surface area (Å²) >= 11 is 7.34. The zero-order chi connectivity index (χ0) is 21.3. The molecule has 154 valence electrons. The fourth-order valence-electron chi connectivity index (χ4n) is 3.01. The third kappa shape index (κ3) is 3.83. The van der Waals surface area contributed by atoms with Gasteiger partial charge in [-0.05, 0) is 48.4 Å². The molecule has 2 aromatic heterocycles. The van der Waals surface area contributed by atoms with Crippen molar-refractivity contribution in [3.05, 3.63) is 70.6 Å². The summed E-state index contributed by atoms with van der Waals surface area (Å²) in [5.74, 6) is 0.714. The second-order valence-electron chi connectivity index (χ2n) is 6.46. The standard InChI is InChI=1S/C20H17ClN4O3S2/c1-13-9-15(28-2)4-3-14(13)11-25(20-22-7-8-29-20)30(26,27)16-5-6-17-18(10-16)23-12-24-19(17)21/h3-10,12H,11H2,1-2H3. The van der Waals surface area contributed by atoms with E-state index in [2.05, 4.69) is 15.0 Å². The lowest BCUT2D eigenvalue weighted by Gasteiger charge is -2.23. The molecule has 4 rings (SSSR count). The van der Waals surface area contributed by atoms with Gasteiger partial charge in [-0.3, -0.25) is 0 Å². The van der Waals surface area contributed by atoms with E-state index in [1.54, 1.807) is 24.8 Å². The van der Waals surface area contributed by atoms with E-state index < -0.39 is 10.0 Å². The number of anilines is 1. The van der Waals surface area contributed by atoms with E-state index in [9.17, 15) is 8.42 Å². The highest BCUT2D eigenvalue weighted by Gasteiger charge is 2.28. The van der Waals surface area contributed by atoms with Gasteiger partial charge in [-0.1, -0.05) is 17.7 Å². The lowest BCUT2D eigenvalue weighted by molar-refractivity contribution is 0.414. The minimum Gasteiger partial charge on any atom is -0.497 e. The smallest absolute Gasteiger partial charge is 0.266 e. The highest BCUT2D eigenvalue weighted by atomic mass is 35.5. The molecule has 0 atom stereocenters. The number of nitrogens with zero attached hydrogens (tertiary/aromatic N) is 4. The van der Waals surface area contributed by atoms with Crippen molar-refractivity contribution < 1.29 is 13.2 Å². The predicted octanol–water partition coefficient (Wildman–Crippen LogP) is 4.45. The predicted molar refractivity (Wildman–Crippen MR) is 118 cm³/mol. The first-order chi connectivity index (χ1) is 14.4. The van der Waals surface area contributed by atoms with E-state index in [0.717, 1.165) is 11.1 Å². The fourth-order valence-corrected chi connectivity index (χ4v) is 5.50. The maximum absolute atomic E-state index is 13.6. The molecule has 2 aromatic carbocycles. The van der Waals surface area contributed by atoms with Crippen LogP contribution in [0.1, 0.15) is 11.1 Å². The number of aromatic nitrogens is 3. The number of thiazole rings is 1. The summed E-state index contributed by atoms with van der Waals surface area (Å²) in [4.78, 5) is 12.4. The third-order valence-corrected chi connectivity index (χ3v) is 7.59. The molecule has 0 saturated carbocycles. The number of benzene rings is 2. The average Bonchev–Trinajstić information content (AvgIpc) is 3.27. The van der Waals surface area contributed by atoms with Crippen LogP contribution in [0.25, 0.3) is 10.9 Å². The number of methoxy groups -OCH3 is 1. The van der Waals surface area contributed by atoms with Crippen molar-refractivity contribution in [3.63, 3.8) is 0 Å². The van der Waals surface area contributed by atoms with Crippen molar-refractivity contribution in [2.45, 2.75) is 18.4 Å². The molecule has 0 amide bonds. The number of ether oxygens (including phenoxy) is 1. The fraction of sp³-hybridized carbons (Fsp3) is 0.150. The van der Waals surface area contributed by atoms with Gasteiger partial charge in [-0.15, -0.1) is 11.3 Å². The van der Waals surface area contributed by atoms with Crippen molar-refractivity contribution in [2.75, 3.05) is 11.4 Å². The van der Waals surface area contributed by atoms with Gasteiger partial charge in [0.25, 0.3) is 10.0 Å². The number of hydrogen-bond donors (Lipinski definition) is 0. The van der Waals surface area contributed by atoms with E-state index >= 15 is 0 Å². The summed E-state index contributed by atoms with van der Waals surface area (Å²) in [5.41, 5.74) is 2.22. The Morgan fingerprint density at radius 2 is 1.97 bits per heavy atom. The second kappa shape index (κ2) is 8.17. The molecule has 0 aliphatic rings. The van der Waals surface area contributed by atoms with Crippen LogP contribution >= 0.6 is 22.9 Å². The van der Waals surface area contributed by atoms with Gasteiger partial charge in [0, 0.05) is 17.0 Å². The van der Waals surface area contributed by atoms with Crippen LogP contribution in [0.5, 0.6) is 5.75 Å². The molecular formula is C20H17ClN4O3S2. The number of rotatable bonds is 6. The van der Waals surface area contributed by atoms with E-state index in [-0.39, 0.29) is 16.6 Å². The first kappa shape index (κ1) is 20.5. The Labute approximate surface area is 183 Å². The molecule has 0 bridgehead atoms. The Kier molecular flexibility index (Phi) is 5.59. The molecule has 0 spiro atoms. The Balaban J connectivity index is 1.79. The molecule has 0 radical (unpaired) electrons. The average molecular weight is 461 g/mol. The van der Waals surface area contributed by atoms with Gasteiger partial charge in [-0.25, -0.2) is 27.7 Å². The summed E-state index contributed by atoms with van der Waals surface area (Å²) in [6.07, 6.45) is 2.89. The van der Waals surface area contributed by atoms with Gasteiger partial charge >= 0.3 is 0 Å². The van der Waals surface area contributed by atoms with Gasteiger partial charge in [0.2, 0.25) is 0 Å². The van der Waals surface area contributed by atoms with E-state index in [1.807, 2.05) is 25.1 Å². The molecule has 0 saturated heterocycles. The minimum atomic E-state index is -3.91. The van der Waals surface area contributed by atoms with Crippen molar-refractivity contribution in [3.8, 4) is 5.75 Å². The maximum Gasteiger partial charge on any atom is 0.266 e. The molecule has 0 N–H and O–H groups in total. The maximum atomic E-state index is 13.6. The third-order valence-electron chi connectivity index (χ3n) is 4.64. The van der Waals surface area contributed by atoms with Crippen molar-refractivity contribution in [1.29, 1.82) is 0 Å². The number of aryl methyl sites for hydroxylation is 1. The number of hydrogen-bond acceptors (Lipinski definition) is 7. The van der Waals surface area contributed by atoms with Crippen LogP contribution in [0.4, 0.5) is 5.13 Å². The molecule has 0 aliphatic heterocycles. The zero-order valence-corrected chi connectivity index (χ0v) is 18.5. The van der Waals surface area contributed by atoms with Crippen LogP contribution in [0.3, 0.4) is 0 Å². The van der Waals surface area contributed by atoms with E-state index in [0.29, 0.717) is 21.8 Å². The lowest BCUT2D eigenvalue weighted by Crippen LogP contribution is -2.30. The van der Waals surface area contributed by atoms with Crippen LogP contribution in [0, 0.1) is 6.92 Å². The molecule has 2 heterocycles. The van der Waals surface area contributed by atoms with Crippen LogP contribution in [-0.4, -0.2) is 30.5 Å². The van der Waals surface area contributed by atoms with Gasteiger partial charge in [-0.2, -0.15) is 0 Å². The Bertz CT molecular complexity index is 1310. The van der Waals surface area contributed by atoms with E-state index in [1.165, 1.54) is 34.1 Å². The van der Waals surface area contributed by atoms with Gasteiger partial charge in [0.1, 0.15) is 17.2 Å². The Morgan fingerprint density at radius 1 is 1.13 bits per heavy atom. The van der Waals surface area contributed by atoms with Crippen molar-refractivity contribution in [2.24, 2.45) is 0 Å². The van der Waals surface area contributed by atoms with Gasteiger partial charge in [0.15, 0.2) is 5.13 Å². The molecule has 0 aliphatic carbocycles. The summed E-state index contributed by atoms with van der Waals surface area (Å²) in [5, 5.41) is 2.98. The number of sulfonamides is 1. The molecule has 30 heavy (non-hydrogen) atoms. The summed E-state index contributed by atoms with van der Waals surface area (Å²) in [7, 11) is -2.32. The Hall–Kier alpha value is -2.75. The first-order valence-corrected chi connectivity index (χ1v) is 11.6. The van der Waals surface area contributed by atoms with E-state index in [4.69, 9.17) is 16.3 Å². The SMILES string of the molecule is COc1ccc(CN(c2nccs2)S(=O)(=O)c2ccc3c(Cl)ncnc3c2)c(C)c1. The van der Waals surface area contributed by atoms with Crippen LogP contribution in [0.15, 0.2) is 59.2 Å². The molecule has 0 fully saturated rings. The quantitative estimate of drug-likeness (QED) is 0.395. The largest absolute Gasteiger partial charge is 0.497 e. The molecule has 10 heteroatoms. The van der Waals surface area contributed by atoms with Crippen molar-refractivity contribution in [1.82, 2.24) is 15.0 Å². The Morgan fingerprint density at radius 3 is 2.67 bits per heavy atom. The van der Waals surface area contributed by atoms with Gasteiger partial charge < -0.3 is 4.74 Å². The first-order valence-electron chi connectivity index (χ1n) is 8.86. The molecule has 7 nitrogen and oxygen atoms in total. The summed E-state index contributed by atoms with van der Waals surface area (Å²) in [6.45, 7) is 2.05. The monoisotopic (exact) mass is 460 g/mol. The highest BCUT2D eigenvalue weighted by Crippen LogP contribution is 2.31. The normalized spacial score (nSPS) is 11.6. The molecule has 4 aromatic rings. The molecule has 0 unspecified atom stereocenters. The van der Waals surface area contributed by atoms with Crippen LogP contribution in [-0.2, 0) is 16.6 Å². The van der Waals surface area contributed by atoms with Crippen LogP contribution in [0.2, 0.25) is 5.15 Å². The minimum absolute atomic E-state index is 0.103. The topological polar surface area (TPSA) is 85.3 Å². The summed E-state index contributed by atoms with van der Waals surface area (Å²) < 4.78 is 33.7. The van der Waals surface area contributed by atoms with Gasteiger partial charge in [0.05, 0.1) is 24.1 Å². The lowest BCUT2D eigenvalue weighted by atomic mass is 10.1. The second-order valence-corrected chi connectivity index (χ2v) is 9.56.